The van der Waals surface area contributed by atoms with Crippen LogP contribution in [0.2, 0.25) is 0 Å². The van der Waals surface area contributed by atoms with Gasteiger partial charge in [-0.3, -0.25) is 0 Å². The van der Waals surface area contributed by atoms with E-state index < -0.39 is 0 Å². The van der Waals surface area contributed by atoms with Crippen molar-refractivity contribution < 1.29 is 0 Å². The number of hydrogen-bond acceptors (Lipinski definition) is 2. The number of anilines is 1. The van der Waals surface area contributed by atoms with Gasteiger partial charge in [-0.25, -0.2) is 4.68 Å². The summed E-state index contributed by atoms with van der Waals surface area (Å²) in [7, 11) is 0. The fourth-order valence-electron chi connectivity index (χ4n) is 2.15. The van der Waals surface area contributed by atoms with Gasteiger partial charge in [0, 0.05) is 6.07 Å². The van der Waals surface area contributed by atoms with Crippen LogP contribution >= 0.6 is 0 Å². The summed E-state index contributed by atoms with van der Waals surface area (Å²) in [5, 5.41) is 4.43. The van der Waals surface area contributed by atoms with Gasteiger partial charge in [0.2, 0.25) is 0 Å². The average Bonchev–Trinajstić information content (AvgIpc) is 2.47. The minimum Gasteiger partial charge on any atom is -0.384 e. The molecule has 0 aromatic carbocycles. The lowest BCUT2D eigenvalue weighted by Crippen LogP contribution is -2.16. The van der Waals surface area contributed by atoms with Crippen LogP contribution in [0.1, 0.15) is 43.8 Å². The van der Waals surface area contributed by atoms with Gasteiger partial charge in [-0.2, -0.15) is 5.10 Å². The van der Waals surface area contributed by atoms with Crippen molar-refractivity contribution in [1.82, 2.24) is 9.78 Å². The van der Waals surface area contributed by atoms with Gasteiger partial charge in [0.25, 0.3) is 0 Å². The molecule has 3 heteroatoms. The van der Waals surface area contributed by atoms with Crippen LogP contribution in [0.5, 0.6) is 0 Å². The van der Waals surface area contributed by atoms with Gasteiger partial charge in [-0.15, -0.1) is 0 Å². The molecule has 1 aromatic rings. The standard InChI is InChI=1S/C10H17N3/c1-8-7-10(11)13(12-8)9-5-3-2-4-6-9/h7,9H,2-6,11H2,1H3. The van der Waals surface area contributed by atoms with Crippen molar-refractivity contribution in [3.05, 3.63) is 11.8 Å². The highest BCUT2D eigenvalue weighted by molar-refractivity contribution is 5.30. The summed E-state index contributed by atoms with van der Waals surface area (Å²) in [4.78, 5) is 0. The first-order valence-electron chi connectivity index (χ1n) is 5.09. The van der Waals surface area contributed by atoms with E-state index in [1.165, 1.54) is 32.1 Å². The number of nitrogens with two attached hydrogens (primary N) is 1. The quantitative estimate of drug-likeness (QED) is 0.718. The second kappa shape index (κ2) is 3.40. The van der Waals surface area contributed by atoms with Gasteiger partial charge in [0.15, 0.2) is 0 Å². The summed E-state index contributed by atoms with van der Waals surface area (Å²) < 4.78 is 2.01. The SMILES string of the molecule is Cc1cc(N)n(C2CCCCC2)n1. The van der Waals surface area contributed by atoms with Crippen LogP contribution in [0.15, 0.2) is 6.07 Å². The van der Waals surface area contributed by atoms with E-state index in [0.29, 0.717) is 6.04 Å². The average molecular weight is 179 g/mol. The molecule has 1 aliphatic rings. The van der Waals surface area contributed by atoms with E-state index in [-0.39, 0.29) is 0 Å². The fourth-order valence-corrected chi connectivity index (χ4v) is 2.15. The molecular weight excluding hydrogens is 162 g/mol. The zero-order chi connectivity index (χ0) is 9.26. The lowest BCUT2D eigenvalue weighted by Gasteiger charge is -2.22. The Kier molecular flexibility index (Phi) is 2.25. The third kappa shape index (κ3) is 1.69. The molecule has 0 unspecified atom stereocenters. The molecule has 0 aliphatic heterocycles. The zero-order valence-corrected chi connectivity index (χ0v) is 8.16. The number of rotatable bonds is 1. The van der Waals surface area contributed by atoms with Gasteiger partial charge in [-0.05, 0) is 19.8 Å². The molecule has 1 aliphatic carbocycles. The topological polar surface area (TPSA) is 43.8 Å². The monoisotopic (exact) mass is 179 g/mol. The number of aromatic nitrogens is 2. The first-order valence-corrected chi connectivity index (χ1v) is 5.09. The minimum atomic E-state index is 0.558. The fraction of sp³-hybridized carbons (Fsp3) is 0.700. The lowest BCUT2D eigenvalue weighted by atomic mass is 9.96. The van der Waals surface area contributed by atoms with Crippen molar-refractivity contribution in [3.63, 3.8) is 0 Å². The van der Waals surface area contributed by atoms with E-state index in [1.807, 2.05) is 17.7 Å². The van der Waals surface area contributed by atoms with Crippen molar-refractivity contribution >= 4 is 5.82 Å². The first-order chi connectivity index (χ1) is 6.27. The highest BCUT2D eigenvalue weighted by atomic mass is 15.3. The van der Waals surface area contributed by atoms with Crippen LogP contribution in [-0.2, 0) is 0 Å². The van der Waals surface area contributed by atoms with Gasteiger partial charge < -0.3 is 5.73 Å². The Morgan fingerprint density at radius 1 is 1.38 bits per heavy atom. The number of nitrogens with zero attached hydrogens (tertiary/aromatic N) is 2. The molecular formula is C10H17N3. The Labute approximate surface area is 78.9 Å². The van der Waals surface area contributed by atoms with Crippen LogP contribution in [0, 0.1) is 6.92 Å². The van der Waals surface area contributed by atoms with E-state index in [4.69, 9.17) is 5.73 Å². The second-order valence-electron chi connectivity index (χ2n) is 3.95. The van der Waals surface area contributed by atoms with Crippen molar-refractivity contribution in [2.24, 2.45) is 0 Å². The van der Waals surface area contributed by atoms with Gasteiger partial charge in [-0.1, -0.05) is 19.3 Å². The minimum absolute atomic E-state index is 0.558. The first kappa shape index (κ1) is 8.60. The molecule has 1 saturated carbocycles. The van der Waals surface area contributed by atoms with E-state index >= 15 is 0 Å². The Hall–Kier alpha value is -0.990. The Morgan fingerprint density at radius 2 is 2.08 bits per heavy atom. The van der Waals surface area contributed by atoms with Crippen LogP contribution in [-0.4, -0.2) is 9.78 Å². The van der Waals surface area contributed by atoms with Crippen molar-refractivity contribution in [1.29, 1.82) is 0 Å². The van der Waals surface area contributed by atoms with Crippen molar-refractivity contribution in [2.45, 2.75) is 45.1 Å². The molecule has 2 rings (SSSR count). The smallest absolute Gasteiger partial charge is 0.122 e. The van der Waals surface area contributed by atoms with Crippen molar-refractivity contribution in [3.8, 4) is 0 Å². The summed E-state index contributed by atoms with van der Waals surface area (Å²) in [5.41, 5.74) is 6.90. The normalized spacial score (nSPS) is 19.2. The van der Waals surface area contributed by atoms with Crippen LogP contribution in [0.25, 0.3) is 0 Å². The summed E-state index contributed by atoms with van der Waals surface area (Å²) >= 11 is 0. The Balaban J connectivity index is 2.18. The third-order valence-corrected chi connectivity index (χ3v) is 2.81. The van der Waals surface area contributed by atoms with E-state index in [0.717, 1.165) is 11.5 Å². The van der Waals surface area contributed by atoms with E-state index in [1.54, 1.807) is 0 Å². The summed E-state index contributed by atoms with van der Waals surface area (Å²) in [6.07, 6.45) is 6.50. The maximum Gasteiger partial charge on any atom is 0.122 e. The number of hydrogen-bond donors (Lipinski definition) is 1. The lowest BCUT2D eigenvalue weighted by molar-refractivity contribution is 0.332. The maximum absolute atomic E-state index is 5.87. The molecule has 0 spiro atoms. The molecule has 1 aromatic heterocycles. The number of aryl methyl sites for hydroxylation is 1. The maximum atomic E-state index is 5.87. The molecule has 0 saturated heterocycles. The third-order valence-electron chi connectivity index (χ3n) is 2.81. The van der Waals surface area contributed by atoms with E-state index in [9.17, 15) is 0 Å². The predicted octanol–water partition coefficient (Wildman–Crippen LogP) is 2.28. The molecule has 3 nitrogen and oxygen atoms in total. The second-order valence-corrected chi connectivity index (χ2v) is 3.95. The highest BCUT2D eigenvalue weighted by Gasteiger charge is 2.17. The Bertz CT molecular complexity index is 284. The van der Waals surface area contributed by atoms with E-state index in [2.05, 4.69) is 5.10 Å². The van der Waals surface area contributed by atoms with Gasteiger partial charge in [0.05, 0.1) is 11.7 Å². The highest BCUT2D eigenvalue weighted by Crippen LogP contribution is 2.29. The van der Waals surface area contributed by atoms with Crippen LogP contribution < -0.4 is 5.73 Å². The summed E-state index contributed by atoms with van der Waals surface area (Å²) in [6, 6.07) is 2.51. The zero-order valence-electron chi connectivity index (χ0n) is 8.16. The molecule has 2 N–H and O–H groups in total. The molecule has 1 heterocycles. The molecule has 0 atom stereocenters. The molecule has 0 bridgehead atoms. The molecule has 0 amide bonds. The molecule has 72 valence electrons. The summed E-state index contributed by atoms with van der Waals surface area (Å²) in [6.45, 7) is 2.00. The molecule has 1 fully saturated rings. The summed E-state index contributed by atoms with van der Waals surface area (Å²) in [5.74, 6) is 0.824. The van der Waals surface area contributed by atoms with Gasteiger partial charge in [0.1, 0.15) is 5.82 Å². The predicted molar refractivity (Wildman–Crippen MR) is 53.5 cm³/mol. The largest absolute Gasteiger partial charge is 0.384 e. The Morgan fingerprint density at radius 3 is 2.62 bits per heavy atom. The van der Waals surface area contributed by atoms with Crippen LogP contribution in [0.4, 0.5) is 5.82 Å². The number of nitrogen functional groups attached to an aromatic ring is 1. The van der Waals surface area contributed by atoms with Crippen molar-refractivity contribution in [2.75, 3.05) is 5.73 Å². The molecule has 13 heavy (non-hydrogen) atoms. The van der Waals surface area contributed by atoms with Crippen LogP contribution in [0.3, 0.4) is 0 Å². The van der Waals surface area contributed by atoms with Gasteiger partial charge >= 0.3 is 0 Å². The molecule has 0 radical (unpaired) electrons.